The van der Waals surface area contributed by atoms with Crippen LogP contribution in [0.1, 0.15) is 56.1 Å². The van der Waals surface area contributed by atoms with Crippen LogP contribution < -0.4 is 5.32 Å². The molecule has 2 heterocycles. The third kappa shape index (κ3) is 3.78. The zero-order valence-electron chi connectivity index (χ0n) is 16.0. The molecule has 3 nitrogen and oxygen atoms in total. The molecule has 1 saturated carbocycles. The van der Waals surface area contributed by atoms with Crippen LogP contribution in [0.3, 0.4) is 0 Å². The summed E-state index contributed by atoms with van der Waals surface area (Å²) in [5.41, 5.74) is -0.577. The van der Waals surface area contributed by atoms with Crippen LogP contribution in [0.2, 0.25) is 0 Å². The Kier molecular flexibility index (Phi) is 6.02. The number of rotatable bonds is 2. The molecule has 1 amide bonds. The molecule has 3 fully saturated rings. The summed E-state index contributed by atoms with van der Waals surface area (Å²) in [6.45, 7) is 3.51. The zero-order valence-corrected chi connectivity index (χ0v) is 16.8. The lowest BCUT2D eigenvalue weighted by molar-refractivity contribution is -0.141. The Labute approximate surface area is 170 Å². The molecule has 0 unspecified atom stereocenters. The fourth-order valence-electron chi connectivity index (χ4n) is 5.31. The summed E-state index contributed by atoms with van der Waals surface area (Å²) in [6, 6.07) is 5.45. The van der Waals surface area contributed by atoms with Crippen LogP contribution in [0.15, 0.2) is 24.3 Å². The molecule has 1 N–H and O–H groups in total. The minimum absolute atomic E-state index is 0. The monoisotopic (exact) mass is 416 g/mol. The lowest BCUT2D eigenvalue weighted by Crippen LogP contribution is -2.51. The van der Waals surface area contributed by atoms with Gasteiger partial charge in [-0.25, -0.2) is 0 Å². The highest BCUT2D eigenvalue weighted by molar-refractivity contribution is 5.89. The number of carbonyl (C=O) groups is 1. The first-order chi connectivity index (χ1) is 12.8. The van der Waals surface area contributed by atoms with E-state index in [-0.39, 0.29) is 18.3 Å². The van der Waals surface area contributed by atoms with Gasteiger partial charge in [0.25, 0.3) is 0 Å². The Hall–Kier alpha value is -1.27. The average Bonchev–Trinajstić information content (AvgIpc) is 3.32. The molecule has 0 atom stereocenters. The second-order valence-electron chi connectivity index (χ2n) is 8.59. The minimum atomic E-state index is -4.38. The quantitative estimate of drug-likeness (QED) is 0.767. The number of hydrogen-bond donors (Lipinski definition) is 1. The van der Waals surface area contributed by atoms with E-state index >= 15 is 0 Å². The molecule has 2 saturated heterocycles. The van der Waals surface area contributed by atoms with Gasteiger partial charge in [0.15, 0.2) is 0 Å². The van der Waals surface area contributed by atoms with Crippen molar-refractivity contribution in [3.05, 3.63) is 35.4 Å². The van der Waals surface area contributed by atoms with Crippen LogP contribution in [0.5, 0.6) is 0 Å². The predicted octanol–water partition coefficient (Wildman–Crippen LogP) is 4.54. The first-order valence-electron chi connectivity index (χ1n) is 10.0. The number of nitrogens with zero attached hydrogens (tertiary/aromatic N) is 1. The normalized spacial score (nSPS) is 23.6. The smallest absolute Gasteiger partial charge is 0.342 e. The summed E-state index contributed by atoms with van der Waals surface area (Å²) in [4.78, 5) is 15.4. The van der Waals surface area contributed by atoms with Gasteiger partial charge in [-0.2, -0.15) is 13.2 Å². The second-order valence-corrected chi connectivity index (χ2v) is 8.59. The molecule has 7 heteroatoms. The number of piperidine rings is 1. The first-order valence-corrected chi connectivity index (χ1v) is 10.0. The van der Waals surface area contributed by atoms with Gasteiger partial charge >= 0.3 is 6.18 Å². The number of amides is 1. The third-order valence-electron chi connectivity index (χ3n) is 7.05. The van der Waals surface area contributed by atoms with Crippen LogP contribution >= 0.6 is 12.4 Å². The first kappa shape index (κ1) is 21.4. The van der Waals surface area contributed by atoms with Gasteiger partial charge in [-0.15, -0.1) is 12.4 Å². The number of carbonyl (C=O) groups excluding carboxylic acids is 1. The number of nitrogens with one attached hydrogen (secondary N) is 1. The number of halogens is 4. The minimum Gasteiger partial charge on any atom is -0.342 e. The van der Waals surface area contributed by atoms with Gasteiger partial charge in [-0.3, -0.25) is 4.79 Å². The molecule has 1 aromatic rings. The van der Waals surface area contributed by atoms with E-state index in [1.807, 2.05) is 4.90 Å². The highest BCUT2D eigenvalue weighted by Crippen LogP contribution is 2.45. The molecule has 0 aromatic heterocycles. The largest absolute Gasteiger partial charge is 0.416 e. The average molecular weight is 417 g/mol. The fraction of sp³-hybridized carbons (Fsp3) is 0.667. The molecule has 1 aromatic carbocycles. The van der Waals surface area contributed by atoms with Crippen molar-refractivity contribution in [1.29, 1.82) is 0 Å². The van der Waals surface area contributed by atoms with Gasteiger partial charge < -0.3 is 10.2 Å². The van der Waals surface area contributed by atoms with E-state index in [0.29, 0.717) is 23.8 Å². The molecule has 156 valence electrons. The Balaban J connectivity index is 0.00000225. The molecular weight excluding hydrogens is 389 g/mol. The van der Waals surface area contributed by atoms with Crippen molar-refractivity contribution in [2.24, 2.45) is 5.41 Å². The predicted molar refractivity (Wildman–Crippen MR) is 105 cm³/mol. The van der Waals surface area contributed by atoms with E-state index in [2.05, 4.69) is 5.32 Å². The van der Waals surface area contributed by atoms with Crippen LogP contribution in [-0.4, -0.2) is 37.0 Å². The maximum absolute atomic E-state index is 13.5. The molecule has 0 radical (unpaired) electrons. The lowest BCUT2D eigenvalue weighted by atomic mass is 9.74. The number of alkyl halides is 3. The van der Waals surface area contributed by atoms with E-state index in [4.69, 9.17) is 0 Å². The van der Waals surface area contributed by atoms with Crippen molar-refractivity contribution in [3.63, 3.8) is 0 Å². The Bertz CT molecular complexity index is 700. The van der Waals surface area contributed by atoms with Crippen LogP contribution in [0.4, 0.5) is 13.2 Å². The molecule has 0 bridgehead atoms. The highest BCUT2D eigenvalue weighted by Gasteiger charge is 2.48. The van der Waals surface area contributed by atoms with E-state index in [1.165, 1.54) is 12.1 Å². The molecule has 1 spiro atoms. The number of likely N-dealkylation sites (tertiary alicyclic amines) is 1. The summed E-state index contributed by atoms with van der Waals surface area (Å²) in [5, 5.41) is 3.43. The Morgan fingerprint density at radius 2 is 1.71 bits per heavy atom. The van der Waals surface area contributed by atoms with E-state index in [1.54, 1.807) is 6.07 Å². The molecule has 1 aliphatic carbocycles. The maximum Gasteiger partial charge on any atom is 0.416 e. The molecule has 2 aliphatic heterocycles. The van der Waals surface area contributed by atoms with Crippen LogP contribution in [0, 0.1) is 5.41 Å². The standard InChI is InChI=1S/C21H27F3N2O.ClH/c22-21(23,24)17-5-3-4-16(14-17)20(6-1-2-7-20)18(27)26-12-9-19(10-13-26)8-11-25-15-19;/h3-5,14,25H,1-2,6-13,15H2;1H. The number of hydrogen-bond acceptors (Lipinski definition) is 2. The highest BCUT2D eigenvalue weighted by atomic mass is 35.5. The Morgan fingerprint density at radius 1 is 1.04 bits per heavy atom. The van der Waals surface area contributed by atoms with Gasteiger partial charge in [0.1, 0.15) is 0 Å². The summed E-state index contributed by atoms with van der Waals surface area (Å²) in [7, 11) is 0. The fourth-order valence-corrected chi connectivity index (χ4v) is 5.31. The number of benzene rings is 1. The molecule has 28 heavy (non-hydrogen) atoms. The van der Waals surface area contributed by atoms with Crippen molar-refractivity contribution in [2.75, 3.05) is 26.2 Å². The van der Waals surface area contributed by atoms with E-state index in [0.717, 1.165) is 64.3 Å². The van der Waals surface area contributed by atoms with E-state index in [9.17, 15) is 18.0 Å². The summed E-state index contributed by atoms with van der Waals surface area (Å²) < 4.78 is 39.6. The van der Waals surface area contributed by atoms with Crippen molar-refractivity contribution >= 4 is 18.3 Å². The SMILES string of the molecule is Cl.O=C(N1CCC2(CCNC2)CC1)C1(c2cccc(C(F)(F)F)c2)CCCC1. The summed E-state index contributed by atoms with van der Waals surface area (Å²) in [5.74, 6) is 0.0418. The topological polar surface area (TPSA) is 32.3 Å². The zero-order chi connectivity index (χ0) is 19.1. The second kappa shape index (κ2) is 7.86. The van der Waals surface area contributed by atoms with Crippen molar-refractivity contribution < 1.29 is 18.0 Å². The van der Waals surface area contributed by atoms with Gasteiger partial charge in [0.2, 0.25) is 5.91 Å². The van der Waals surface area contributed by atoms with Gasteiger partial charge in [0, 0.05) is 19.6 Å². The molecule has 4 rings (SSSR count). The molecular formula is C21H28ClF3N2O. The third-order valence-corrected chi connectivity index (χ3v) is 7.05. The van der Waals surface area contributed by atoms with Crippen molar-refractivity contribution in [3.8, 4) is 0 Å². The summed E-state index contributed by atoms with van der Waals surface area (Å²) in [6.07, 6.45) is 1.84. The van der Waals surface area contributed by atoms with Crippen LogP contribution in [0.25, 0.3) is 0 Å². The maximum atomic E-state index is 13.5. The van der Waals surface area contributed by atoms with E-state index < -0.39 is 17.2 Å². The lowest BCUT2D eigenvalue weighted by Gasteiger charge is -2.42. The van der Waals surface area contributed by atoms with Gasteiger partial charge in [-0.1, -0.05) is 31.0 Å². The molecule has 3 aliphatic rings. The van der Waals surface area contributed by atoms with Gasteiger partial charge in [0.05, 0.1) is 11.0 Å². The van der Waals surface area contributed by atoms with Gasteiger partial charge in [-0.05, 0) is 55.7 Å². The van der Waals surface area contributed by atoms with Crippen molar-refractivity contribution in [1.82, 2.24) is 10.2 Å². The Morgan fingerprint density at radius 3 is 2.29 bits per heavy atom. The van der Waals surface area contributed by atoms with Crippen LogP contribution in [-0.2, 0) is 16.4 Å². The summed E-state index contributed by atoms with van der Waals surface area (Å²) >= 11 is 0. The van der Waals surface area contributed by atoms with Crippen molar-refractivity contribution in [2.45, 2.75) is 56.5 Å².